The Morgan fingerprint density at radius 3 is 2.46 bits per heavy atom. The molecular formula is C11H18O2. The normalized spacial score (nSPS) is 10.5. The van der Waals surface area contributed by atoms with E-state index in [1.807, 2.05) is 0 Å². The molecule has 0 saturated heterocycles. The predicted molar refractivity (Wildman–Crippen MR) is 54.2 cm³/mol. The van der Waals surface area contributed by atoms with Crippen molar-refractivity contribution in [1.82, 2.24) is 0 Å². The van der Waals surface area contributed by atoms with Crippen LogP contribution in [0.1, 0.15) is 26.2 Å². The average molecular weight is 182 g/mol. The molecule has 0 aromatic carbocycles. The second-order valence-corrected chi connectivity index (χ2v) is 2.54. The van der Waals surface area contributed by atoms with Gasteiger partial charge in [0.25, 0.3) is 0 Å². The molecule has 0 saturated carbocycles. The number of ether oxygens (including phenoxy) is 2. The van der Waals surface area contributed by atoms with Gasteiger partial charge in [-0.25, -0.2) is 0 Å². The highest BCUT2D eigenvalue weighted by atomic mass is 16.7. The van der Waals surface area contributed by atoms with Gasteiger partial charge in [0, 0.05) is 20.6 Å². The molecule has 13 heavy (non-hydrogen) atoms. The monoisotopic (exact) mass is 182 g/mol. The quantitative estimate of drug-likeness (QED) is 0.281. The predicted octanol–water partition coefficient (Wildman–Crippen LogP) is 2.36. The van der Waals surface area contributed by atoms with Crippen LogP contribution in [0.2, 0.25) is 0 Å². The van der Waals surface area contributed by atoms with Crippen molar-refractivity contribution < 1.29 is 9.47 Å². The fourth-order valence-corrected chi connectivity index (χ4v) is 0.810. The van der Waals surface area contributed by atoms with Gasteiger partial charge in [-0.15, -0.1) is 0 Å². The van der Waals surface area contributed by atoms with Crippen LogP contribution in [0.3, 0.4) is 0 Å². The Bertz CT molecular complexity index is 182. The third-order valence-electron chi connectivity index (χ3n) is 1.49. The maximum Gasteiger partial charge on any atom is 0.221 e. The summed E-state index contributed by atoms with van der Waals surface area (Å²) in [5.74, 6) is 5.86. The second-order valence-electron chi connectivity index (χ2n) is 2.54. The second kappa shape index (κ2) is 9.31. The van der Waals surface area contributed by atoms with Crippen molar-refractivity contribution >= 4 is 0 Å². The van der Waals surface area contributed by atoms with Crippen molar-refractivity contribution in [3.05, 3.63) is 12.2 Å². The molecule has 0 aliphatic rings. The zero-order valence-electron chi connectivity index (χ0n) is 8.67. The first-order valence-corrected chi connectivity index (χ1v) is 4.54. The molecule has 0 aliphatic heterocycles. The SMILES string of the molecule is CC/C=C\CCC#CC(OC)OC. The summed E-state index contributed by atoms with van der Waals surface area (Å²) in [6.45, 7) is 2.12. The molecule has 0 amide bonds. The largest absolute Gasteiger partial charge is 0.345 e. The first-order valence-electron chi connectivity index (χ1n) is 4.54. The van der Waals surface area contributed by atoms with E-state index in [0.717, 1.165) is 19.3 Å². The summed E-state index contributed by atoms with van der Waals surface area (Å²) >= 11 is 0. The first-order chi connectivity index (χ1) is 6.35. The fraction of sp³-hybridized carbons (Fsp3) is 0.636. The lowest BCUT2D eigenvalue weighted by Gasteiger charge is -2.03. The molecule has 74 valence electrons. The van der Waals surface area contributed by atoms with Crippen LogP contribution in [0.5, 0.6) is 0 Å². The van der Waals surface area contributed by atoms with Crippen LogP contribution in [-0.4, -0.2) is 20.5 Å². The summed E-state index contributed by atoms with van der Waals surface area (Å²) in [7, 11) is 3.17. The van der Waals surface area contributed by atoms with Gasteiger partial charge in [0.2, 0.25) is 6.29 Å². The number of methoxy groups -OCH3 is 2. The van der Waals surface area contributed by atoms with Gasteiger partial charge in [-0.05, 0) is 18.8 Å². The molecule has 0 spiro atoms. The molecule has 0 heterocycles. The molecule has 0 N–H and O–H groups in total. The van der Waals surface area contributed by atoms with Crippen molar-refractivity contribution in [2.75, 3.05) is 14.2 Å². The van der Waals surface area contributed by atoms with Crippen LogP contribution in [0.25, 0.3) is 0 Å². The Kier molecular flexibility index (Phi) is 8.75. The first kappa shape index (κ1) is 12.2. The Balaban J connectivity index is 3.53. The maximum atomic E-state index is 4.91. The highest BCUT2D eigenvalue weighted by Crippen LogP contribution is 1.92. The molecular weight excluding hydrogens is 164 g/mol. The van der Waals surface area contributed by atoms with Gasteiger partial charge in [-0.2, -0.15) is 0 Å². The highest BCUT2D eigenvalue weighted by Gasteiger charge is 1.95. The van der Waals surface area contributed by atoms with E-state index >= 15 is 0 Å². The summed E-state index contributed by atoms with van der Waals surface area (Å²) in [6, 6.07) is 0. The average Bonchev–Trinajstić information content (AvgIpc) is 2.17. The topological polar surface area (TPSA) is 18.5 Å². The Morgan fingerprint density at radius 2 is 1.92 bits per heavy atom. The van der Waals surface area contributed by atoms with E-state index < -0.39 is 0 Å². The maximum absolute atomic E-state index is 4.91. The van der Waals surface area contributed by atoms with Gasteiger partial charge in [0.1, 0.15) is 0 Å². The minimum Gasteiger partial charge on any atom is -0.345 e. The van der Waals surface area contributed by atoms with E-state index in [4.69, 9.17) is 9.47 Å². The van der Waals surface area contributed by atoms with E-state index in [0.29, 0.717) is 0 Å². The number of rotatable bonds is 5. The third-order valence-corrected chi connectivity index (χ3v) is 1.49. The minimum absolute atomic E-state index is 0.379. The minimum atomic E-state index is -0.379. The summed E-state index contributed by atoms with van der Waals surface area (Å²) in [5, 5.41) is 0. The van der Waals surface area contributed by atoms with Crippen LogP contribution in [0.15, 0.2) is 12.2 Å². The smallest absolute Gasteiger partial charge is 0.221 e. The van der Waals surface area contributed by atoms with Crippen molar-refractivity contribution in [2.24, 2.45) is 0 Å². The summed E-state index contributed by atoms with van der Waals surface area (Å²) in [4.78, 5) is 0. The lowest BCUT2D eigenvalue weighted by atomic mass is 10.3. The van der Waals surface area contributed by atoms with Crippen LogP contribution in [0.4, 0.5) is 0 Å². The number of hydrogen-bond donors (Lipinski definition) is 0. The molecule has 0 radical (unpaired) electrons. The molecule has 0 rings (SSSR count). The summed E-state index contributed by atoms with van der Waals surface area (Å²) in [5.41, 5.74) is 0. The molecule has 0 aliphatic carbocycles. The van der Waals surface area contributed by atoms with Crippen LogP contribution < -0.4 is 0 Å². The van der Waals surface area contributed by atoms with E-state index in [1.165, 1.54) is 0 Å². The fourth-order valence-electron chi connectivity index (χ4n) is 0.810. The number of allylic oxidation sites excluding steroid dienone is 2. The molecule has 2 nitrogen and oxygen atoms in total. The Morgan fingerprint density at radius 1 is 1.23 bits per heavy atom. The molecule has 0 bridgehead atoms. The van der Waals surface area contributed by atoms with Crippen molar-refractivity contribution in [3.63, 3.8) is 0 Å². The van der Waals surface area contributed by atoms with Crippen molar-refractivity contribution in [1.29, 1.82) is 0 Å². The van der Waals surface area contributed by atoms with Crippen LogP contribution >= 0.6 is 0 Å². The van der Waals surface area contributed by atoms with Crippen LogP contribution in [-0.2, 0) is 9.47 Å². The van der Waals surface area contributed by atoms with Gasteiger partial charge in [0.15, 0.2) is 0 Å². The van der Waals surface area contributed by atoms with Gasteiger partial charge in [-0.3, -0.25) is 0 Å². The highest BCUT2D eigenvalue weighted by molar-refractivity contribution is 5.03. The van der Waals surface area contributed by atoms with Gasteiger partial charge in [-0.1, -0.05) is 25.0 Å². The molecule has 0 fully saturated rings. The number of hydrogen-bond acceptors (Lipinski definition) is 2. The summed E-state index contributed by atoms with van der Waals surface area (Å²) in [6.07, 6.45) is 6.86. The van der Waals surface area contributed by atoms with Gasteiger partial charge in [0.05, 0.1) is 0 Å². The van der Waals surface area contributed by atoms with Gasteiger partial charge < -0.3 is 9.47 Å². The van der Waals surface area contributed by atoms with E-state index in [2.05, 4.69) is 30.9 Å². The summed E-state index contributed by atoms with van der Waals surface area (Å²) < 4.78 is 9.83. The van der Waals surface area contributed by atoms with Crippen molar-refractivity contribution in [3.8, 4) is 11.8 Å². The Hall–Kier alpha value is -0.780. The lowest BCUT2D eigenvalue weighted by molar-refractivity contribution is -0.0595. The van der Waals surface area contributed by atoms with E-state index in [-0.39, 0.29) is 6.29 Å². The zero-order valence-corrected chi connectivity index (χ0v) is 8.67. The Labute approximate surface area is 80.9 Å². The van der Waals surface area contributed by atoms with E-state index in [9.17, 15) is 0 Å². The van der Waals surface area contributed by atoms with Crippen molar-refractivity contribution in [2.45, 2.75) is 32.5 Å². The molecule has 0 aromatic rings. The number of unbranched alkanes of at least 4 members (excludes halogenated alkanes) is 1. The molecule has 0 atom stereocenters. The van der Waals surface area contributed by atoms with E-state index in [1.54, 1.807) is 14.2 Å². The zero-order chi connectivity index (χ0) is 9.94. The standard InChI is InChI=1S/C11H18O2/c1-4-5-6-7-8-9-10-11(12-2)13-3/h5-6,11H,4,7-8H2,1-3H3/b6-5-. The third kappa shape index (κ3) is 7.58. The lowest BCUT2D eigenvalue weighted by Crippen LogP contribution is -2.09. The molecule has 0 unspecified atom stereocenters. The molecule has 0 aromatic heterocycles. The van der Waals surface area contributed by atoms with Gasteiger partial charge >= 0.3 is 0 Å². The van der Waals surface area contributed by atoms with Crippen LogP contribution in [0, 0.1) is 11.8 Å². The molecule has 2 heteroatoms.